The zero-order valence-corrected chi connectivity index (χ0v) is 10.9. The van der Waals surface area contributed by atoms with E-state index < -0.39 is 11.7 Å². The Morgan fingerprint density at radius 2 is 2.11 bits per heavy atom. The maximum absolute atomic E-state index is 12.5. The minimum atomic E-state index is -4.48. The van der Waals surface area contributed by atoms with Gasteiger partial charge in [0.25, 0.3) is 0 Å². The number of hydrogen-bond donors (Lipinski definition) is 2. The monoisotopic (exact) mass is 295 g/mol. The van der Waals surface area contributed by atoms with Crippen molar-refractivity contribution in [2.75, 3.05) is 18.4 Å². The zero-order valence-electron chi connectivity index (χ0n) is 10.1. The van der Waals surface area contributed by atoms with Crippen LogP contribution in [-0.2, 0) is 11.0 Å². The number of hydrogen-bond acceptors (Lipinski definition) is 3. The van der Waals surface area contributed by atoms with Crippen LogP contribution in [0.2, 0.25) is 5.15 Å². The first-order chi connectivity index (χ1) is 8.82. The highest BCUT2D eigenvalue weighted by atomic mass is 35.5. The van der Waals surface area contributed by atoms with Crippen LogP contribution in [0.4, 0.5) is 19.0 Å². The maximum Gasteiger partial charge on any atom is 0.416 e. The van der Waals surface area contributed by atoms with Crippen molar-refractivity contribution in [2.24, 2.45) is 0 Å². The summed E-state index contributed by atoms with van der Waals surface area (Å²) in [5.41, 5.74) is -0.881. The number of alkyl halides is 3. The lowest BCUT2D eigenvalue weighted by Crippen LogP contribution is -2.24. The Balaban J connectivity index is 2.64. The third-order valence-electron chi connectivity index (χ3n) is 2.15. The molecule has 0 saturated heterocycles. The summed E-state index contributed by atoms with van der Waals surface area (Å²) in [5, 5.41) is 4.95. The molecule has 1 aromatic heterocycles. The molecular weight excluding hydrogens is 283 g/mol. The molecule has 0 spiro atoms. The molecule has 1 amide bonds. The predicted molar refractivity (Wildman–Crippen MR) is 66.0 cm³/mol. The van der Waals surface area contributed by atoms with Gasteiger partial charge < -0.3 is 10.6 Å². The van der Waals surface area contributed by atoms with Crippen LogP contribution in [-0.4, -0.2) is 24.0 Å². The Morgan fingerprint density at radius 3 is 2.68 bits per heavy atom. The second-order valence-corrected chi connectivity index (χ2v) is 4.08. The number of nitrogens with zero attached hydrogens (tertiary/aromatic N) is 1. The van der Waals surface area contributed by atoms with Crippen molar-refractivity contribution in [3.8, 4) is 0 Å². The molecule has 2 N–H and O–H groups in total. The van der Waals surface area contributed by atoms with E-state index in [9.17, 15) is 18.0 Å². The number of carbonyl (C=O) groups excluding carboxylic acids is 1. The lowest BCUT2D eigenvalue weighted by molar-refractivity contribution is -0.137. The largest absolute Gasteiger partial charge is 0.416 e. The lowest BCUT2D eigenvalue weighted by Gasteiger charge is -2.10. The fraction of sp³-hybridized carbons (Fsp3) is 0.455. The summed E-state index contributed by atoms with van der Waals surface area (Å²) < 4.78 is 37.6. The number of anilines is 1. The third-order valence-corrected chi connectivity index (χ3v) is 2.35. The zero-order chi connectivity index (χ0) is 14.5. The van der Waals surface area contributed by atoms with E-state index in [1.54, 1.807) is 6.92 Å². The molecule has 19 heavy (non-hydrogen) atoms. The van der Waals surface area contributed by atoms with E-state index in [0.29, 0.717) is 6.54 Å². The molecule has 0 unspecified atom stereocenters. The average Bonchev–Trinajstić information content (AvgIpc) is 2.27. The highest BCUT2D eigenvalue weighted by Crippen LogP contribution is 2.31. The van der Waals surface area contributed by atoms with Crippen LogP contribution < -0.4 is 10.6 Å². The maximum atomic E-state index is 12.5. The summed E-state index contributed by atoms with van der Waals surface area (Å²) in [6.45, 7) is 2.46. The highest BCUT2D eigenvalue weighted by molar-refractivity contribution is 6.29. The smallest absolute Gasteiger partial charge is 0.369 e. The minimum Gasteiger partial charge on any atom is -0.369 e. The molecule has 1 aromatic rings. The van der Waals surface area contributed by atoms with E-state index in [0.717, 1.165) is 12.1 Å². The van der Waals surface area contributed by atoms with E-state index in [-0.39, 0.29) is 29.8 Å². The van der Waals surface area contributed by atoms with Gasteiger partial charge in [0.15, 0.2) is 0 Å². The molecule has 1 heterocycles. The third kappa shape index (κ3) is 5.34. The quantitative estimate of drug-likeness (QED) is 0.821. The number of rotatable bonds is 5. The Kier molecular flexibility index (Phi) is 5.41. The standard InChI is InChI=1S/C11H13ClF3N3O/c1-2-16-10(19)3-4-17-9-6-7(11(13,14)15)5-8(12)18-9/h5-6H,2-4H2,1H3,(H,16,19)(H,17,18). The Morgan fingerprint density at radius 1 is 1.42 bits per heavy atom. The van der Waals surface area contributed by atoms with Gasteiger partial charge in [-0.15, -0.1) is 0 Å². The summed E-state index contributed by atoms with van der Waals surface area (Å²) in [6, 6.07) is 1.60. The number of pyridine rings is 1. The molecule has 0 fully saturated rings. The van der Waals surface area contributed by atoms with Gasteiger partial charge in [0.05, 0.1) is 5.56 Å². The van der Waals surface area contributed by atoms with E-state index in [4.69, 9.17) is 11.6 Å². The molecule has 0 aliphatic rings. The van der Waals surface area contributed by atoms with Crippen molar-refractivity contribution in [2.45, 2.75) is 19.5 Å². The van der Waals surface area contributed by atoms with Crippen LogP contribution in [0.5, 0.6) is 0 Å². The Labute approximate surface area is 113 Å². The van der Waals surface area contributed by atoms with Crippen molar-refractivity contribution >= 4 is 23.3 Å². The molecule has 0 aliphatic heterocycles. The SMILES string of the molecule is CCNC(=O)CCNc1cc(C(F)(F)F)cc(Cl)n1. The molecule has 0 radical (unpaired) electrons. The summed E-state index contributed by atoms with van der Waals surface area (Å²) in [4.78, 5) is 14.9. The van der Waals surface area contributed by atoms with Gasteiger partial charge in [0.1, 0.15) is 11.0 Å². The van der Waals surface area contributed by atoms with Crippen molar-refractivity contribution in [1.82, 2.24) is 10.3 Å². The molecular formula is C11H13ClF3N3O. The molecule has 106 valence electrons. The molecule has 1 rings (SSSR count). The van der Waals surface area contributed by atoms with E-state index in [2.05, 4.69) is 15.6 Å². The van der Waals surface area contributed by atoms with Crippen LogP contribution in [0.25, 0.3) is 0 Å². The Bertz CT molecular complexity index is 451. The van der Waals surface area contributed by atoms with E-state index in [1.807, 2.05) is 0 Å². The number of nitrogens with one attached hydrogen (secondary N) is 2. The number of aromatic nitrogens is 1. The molecule has 0 atom stereocenters. The topological polar surface area (TPSA) is 54.0 Å². The molecule has 0 bridgehead atoms. The van der Waals surface area contributed by atoms with Gasteiger partial charge in [0.2, 0.25) is 5.91 Å². The Hall–Kier alpha value is -1.50. The number of halogens is 4. The van der Waals surface area contributed by atoms with E-state index in [1.165, 1.54) is 0 Å². The molecule has 4 nitrogen and oxygen atoms in total. The summed E-state index contributed by atoms with van der Waals surface area (Å²) in [6.07, 6.45) is -4.34. The van der Waals surface area contributed by atoms with Crippen molar-refractivity contribution in [3.05, 3.63) is 22.8 Å². The predicted octanol–water partition coefficient (Wildman–Crippen LogP) is 2.69. The van der Waals surface area contributed by atoms with E-state index >= 15 is 0 Å². The molecule has 0 aliphatic carbocycles. The lowest BCUT2D eigenvalue weighted by atomic mass is 10.2. The van der Waals surface area contributed by atoms with Gasteiger partial charge in [-0.2, -0.15) is 13.2 Å². The van der Waals surface area contributed by atoms with Crippen LogP contribution >= 0.6 is 11.6 Å². The number of amides is 1. The van der Waals surface area contributed by atoms with Gasteiger partial charge in [-0.1, -0.05) is 11.6 Å². The molecule has 8 heteroatoms. The first-order valence-electron chi connectivity index (χ1n) is 5.58. The van der Waals surface area contributed by atoms with Crippen LogP contribution in [0.15, 0.2) is 12.1 Å². The van der Waals surface area contributed by atoms with Crippen LogP contribution in [0.3, 0.4) is 0 Å². The highest BCUT2D eigenvalue weighted by Gasteiger charge is 2.31. The van der Waals surface area contributed by atoms with Gasteiger partial charge in [-0.25, -0.2) is 4.98 Å². The first-order valence-corrected chi connectivity index (χ1v) is 5.96. The first kappa shape index (κ1) is 15.6. The minimum absolute atomic E-state index is 0.0101. The van der Waals surface area contributed by atoms with Gasteiger partial charge in [-0.05, 0) is 19.1 Å². The summed E-state index contributed by atoms with van der Waals surface area (Å²) in [7, 11) is 0. The second kappa shape index (κ2) is 6.60. The normalized spacial score (nSPS) is 11.2. The van der Waals surface area contributed by atoms with Gasteiger partial charge >= 0.3 is 6.18 Å². The van der Waals surface area contributed by atoms with Crippen LogP contribution in [0.1, 0.15) is 18.9 Å². The molecule has 0 saturated carbocycles. The second-order valence-electron chi connectivity index (χ2n) is 3.69. The molecule has 0 aromatic carbocycles. The fourth-order valence-electron chi connectivity index (χ4n) is 1.34. The van der Waals surface area contributed by atoms with Crippen LogP contribution in [0, 0.1) is 0 Å². The van der Waals surface area contributed by atoms with Crippen molar-refractivity contribution in [3.63, 3.8) is 0 Å². The number of carbonyl (C=O) groups is 1. The average molecular weight is 296 g/mol. The van der Waals surface area contributed by atoms with Gasteiger partial charge in [-0.3, -0.25) is 4.79 Å². The van der Waals surface area contributed by atoms with Gasteiger partial charge in [0, 0.05) is 19.5 Å². The summed E-state index contributed by atoms with van der Waals surface area (Å²) in [5.74, 6) is -0.197. The fourth-order valence-corrected chi connectivity index (χ4v) is 1.55. The van der Waals surface area contributed by atoms with Crippen molar-refractivity contribution in [1.29, 1.82) is 0 Å². The van der Waals surface area contributed by atoms with Crippen molar-refractivity contribution < 1.29 is 18.0 Å². The summed E-state index contributed by atoms with van der Waals surface area (Å²) >= 11 is 5.52.